The number of nitrogens with zero attached hydrogens (tertiary/aromatic N) is 4. The lowest BCUT2D eigenvalue weighted by molar-refractivity contribution is -0.142. The van der Waals surface area contributed by atoms with Crippen LogP contribution in [0.25, 0.3) is 0 Å². The first kappa shape index (κ1) is 19.1. The molecule has 1 saturated heterocycles. The summed E-state index contributed by atoms with van der Waals surface area (Å²) in [6.07, 6.45) is -1.93. The topological polar surface area (TPSA) is 74.6 Å². The molecule has 1 aliphatic heterocycles. The number of amides is 1. The maximum atomic E-state index is 13.0. The number of halogens is 3. The summed E-state index contributed by atoms with van der Waals surface area (Å²) in [5, 5.41) is 9.50. The van der Waals surface area contributed by atoms with Crippen LogP contribution in [0, 0.1) is 0 Å². The molecule has 10 heteroatoms. The number of aliphatic imine (C=N–C) groups is 1. The van der Waals surface area contributed by atoms with Crippen molar-refractivity contribution in [3.05, 3.63) is 17.5 Å². The van der Waals surface area contributed by atoms with Gasteiger partial charge in [0, 0.05) is 58.0 Å². The highest BCUT2D eigenvalue weighted by molar-refractivity contribution is 5.80. The summed E-state index contributed by atoms with van der Waals surface area (Å²) in [6.45, 7) is 3.00. The third kappa shape index (κ3) is 4.86. The molecule has 0 aliphatic carbocycles. The van der Waals surface area contributed by atoms with E-state index in [-0.39, 0.29) is 24.1 Å². The number of rotatable bonds is 4. The molecule has 0 radical (unpaired) electrons. The van der Waals surface area contributed by atoms with E-state index in [1.807, 2.05) is 6.92 Å². The Hall–Kier alpha value is -2.26. The third-order valence-corrected chi connectivity index (χ3v) is 4.03. The molecule has 25 heavy (non-hydrogen) atoms. The Kier molecular flexibility index (Phi) is 5.91. The van der Waals surface area contributed by atoms with E-state index in [1.165, 1.54) is 13.2 Å². The van der Waals surface area contributed by atoms with Gasteiger partial charge in [0.05, 0.1) is 0 Å². The van der Waals surface area contributed by atoms with Crippen molar-refractivity contribution < 1.29 is 18.0 Å². The van der Waals surface area contributed by atoms with Gasteiger partial charge in [0.2, 0.25) is 5.91 Å². The molecular formula is C15H23F3N6O. The first-order valence-electron chi connectivity index (χ1n) is 8.09. The second-order valence-corrected chi connectivity index (χ2v) is 5.92. The number of nitrogens with one attached hydrogen (secondary N) is 2. The van der Waals surface area contributed by atoms with E-state index in [4.69, 9.17) is 0 Å². The molecule has 2 heterocycles. The van der Waals surface area contributed by atoms with Crippen LogP contribution in [0.5, 0.6) is 0 Å². The second kappa shape index (κ2) is 7.75. The van der Waals surface area contributed by atoms with Crippen molar-refractivity contribution in [1.29, 1.82) is 0 Å². The lowest BCUT2D eigenvalue weighted by Crippen LogP contribution is -2.44. The third-order valence-electron chi connectivity index (χ3n) is 4.03. The van der Waals surface area contributed by atoms with Gasteiger partial charge < -0.3 is 15.5 Å². The maximum absolute atomic E-state index is 13.0. The molecule has 2 rings (SSSR count). The first-order valence-corrected chi connectivity index (χ1v) is 8.09. The van der Waals surface area contributed by atoms with Gasteiger partial charge in [-0.2, -0.15) is 18.3 Å². The molecule has 1 amide bonds. The van der Waals surface area contributed by atoms with Gasteiger partial charge >= 0.3 is 6.18 Å². The molecule has 7 nitrogen and oxygen atoms in total. The van der Waals surface area contributed by atoms with E-state index in [1.54, 1.807) is 11.9 Å². The van der Waals surface area contributed by atoms with Crippen molar-refractivity contribution >= 4 is 11.9 Å². The van der Waals surface area contributed by atoms with Crippen molar-refractivity contribution in [3.63, 3.8) is 0 Å². The summed E-state index contributed by atoms with van der Waals surface area (Å²) in [4.78, 5) is 17.5. The molecule has 1 atom stereocenters. The Balaban J connectivity index is 1.93. The van der Waals surface area contributed by atoms with Crippen molar-refractivity contribution in [2.45, 2.75) is 38.5 Å². The zero-order chi connectivity index (χ0) is 18.6. The number of hydrogen-bond acceptors (Lipinski definition) is 3. The molecular weight excluding hydrogens is 337 g/mol. The molecule has 0 aromatic carbocycles. The Morgan fingerprint density at radius 3 is 2.80 bits per heavy atom. The predicted molar refractivity (Wildman–Crippen MR) is 86.8 cm³/mol. The summed E-state index contributed by atoms with van der Waals surface area (Å²) in [5.74, 6) is 0.491. The molecule has 0 saturated carbocycles. The van der Waals surface area contributed by atoms with Crippen LogP contribution in [-0.2, 0) is 24.6 Å². The summed E-state index contributed by atoms with van der Waals surface area (Å²) in [5.41, 5.74) is -0.856. The fourth-order valence-electron chi connectivity index (χ4n) is 2.80. The summed E-state index contributed by atoms with van der Waals surface area (Å²) < 4.78 is 40.0. The van der Waals surface area contributed by atoms with Crippen LogP contribution in [0.2, 0.25) is 0 Å². The number of likely N-dealkylation sites (tertiary alicyclic amines) is 1. The zero-order valence-corrected chi connectivity index (χ0v) is 14.5. The number of aromatic nitrogens is 2. The van der Waals surface area contributed by atoms with Crippen molar-refractivity contribution in [3.8, 4) is 0 Å². The Morgan fingerprint density at radius 1 is 1.48 bits per heavy atom. The number of hydrogen-bond donors (Lipinski definition) is 2. The molecule has 0 spiro atoms. The van der Waals surface area contributed by atoms with Crippen LogP contribution in [0.4, 0.5) is 13.2 Å². The normalized spacial score (nSPS) is 18.6. The molecule has 0 bridgehead atoms. The standard InChI is InChI=1S/C15H23F3N6O/c1-4-12(25)24-6-5-11(9-24)21-14(19-2)20-7-10-8-23(3)22-13(10)15(16,17)18/h8,11H,4-7,9H2,1-3H3,(H2,19,20,21). The van der Waals surface area contributed by atoms with Gasteiger partial charge in [-0.05, 0) is 6.42 Å². The van der Waals surface area contributed by atoms with E-state index < -0.39 is 11.9 Å². The maximum Gasteiger partial charge on any atom is 0.435 e. The Bertz CT molecular complexity index is 640. The van der Waals surface area contributed by atoms with Gasteiger partial charge in [-0.1, -0.05) is 6.92 Å². The Morgan fingerprint density at radius 2 is 2.20 bits per heavy atom. The van der Waals surface area contributed by atoms with Crippen molar-refractivity contribution in [2.24, 2.45) is 12.0 Å². The Labute approximate surface area is 144 Å². The second-order valence-electron chi connectivity index (χ2n) is 5.92. The summed E-state index contributed by atoms with van der Waals surface area (Å²) >= 11 is 0. The van der Waals surface area contributed by atoms with E-state index in [9.17, 15) is 18.0 Å². The quantitative estimate of drug-likeness (QED) is 0.623. The molecule has 1 aliphatic rings. The first-order chi connectivity index (χ1) is 11.7. The minimum Gasteiger partial charge on any atom is -0.352 e. The monoisotopic (exact) mass is 360 g/mol. The average molecular weight is 360 g/mol. The van der Waals surface area contributed by atoms with Crippen LogP contribution >= 0.6 is 0 Å². The van der Waals surface area contributed by atoms with Gasteiger partial charge in [-0.15, -0.1) is 0 Å². The number of alkyl halides is 3. The van der Waals surface area contributed by atoms with Gasteiger partial charge in [0.1, 0.15) is 0 Å². The zero-order valence-electron chi connectivity index (χ0n) is 14.5. The van der Waals surface area contributed by atoms with Crippen LogP contribution in [-0.4, -0.2) is 52.7 Å². The lowest BCUT2D eigenvalue weighted by Gasteiger charge is -2.18. The molecule has 1 aromatic rings. The van der Waals surface area contributed by atoms with Gasteiger partial charge in [0.25, 0.3) is 0 Å². The van der Waals surface area contributed by atoms with Gasteiger partial charge in [0.15, 0.2) is 11.7 Å². The average Bonchev–Trinajstić information content (AvgIpc) is 3.16. The van der Waals surface area contributed by atoms with Crippen LogP contribution < -0.4 is 10.6 Å². The highest BCUT2D eigenvalue weighted by Crippen LogP contribution is 2.30. The molecule has 1 fully saturated rings. The highest BCUT2D eigenvalue weighted by atomic mass is 19.4. The molecule has 1 unspecified atom stereocenters. The number of carbonyl (C=O) groups excluding carboxylic acids is 1. The number of carbonyl (C=O) groups is 1. The predicted octanol–water partition coefficient (Wildman–Crippen LogP) is 1.11. The van der Waals surface area contributed by atoms with Gasteiger partial charge in [-0.3, -0.25) is 14.5 Å². The highest BCUT2D eigenvalue weighted by Gasteiger charge is 2.36. The van der Waals surface area contributed by atoms with E-state index in [0.29, 0.717) is 25.5 Å². The largest absolute Gasteiger partial charge is 0.435 e. The molecule has 2 N–H and O–H groups in total. The van der Waals surface area contributed by atoms with Crippen molar-refractivity contribution in [2.75, 3.05) is 20.1 Å². The fraction of sp³-hybridized carbons (Fsp3) is 0.667. The smallest absolute Gasteiger partial charge is 0.352 e. The fourth-order valence-corrected chi connectivity index (χ4v) is 2.80. The lowest BCUT2D eigenvalue weighted by atomic mass is 10.2. The minimum absolute atomic E-state index is 0.0256. The number of guanidine groups is 1. The summed E-state index contributed by atoms with van der Waals surface area (Å²) in [6, 6.07) is 0.0256. The van der Waals surface area contributed by atoms with E-state index in [2.05, 4.69) is 20.7 Å². The SMILES string of the molecule is CCC(=O)N1CCC(NC(=NC)NCc2cn(C)nc2C(F)(F)F)C1. The van der Waals surface area contributed by atoms with Crippen LogP contribution in [0.15, 0.2) is 11.2 Å². The molecule has 1 aromatic heterocycles. The van der Waals surface area contributed by atoms with Gasteiger partial charge in [-0.25, -0.2) is 0 Å². The number of aryl methyl sites for hydroxylation is 1. The minimum atomic E-state index is -4.50. The van der Waals surface area contributed by atoms with Crippen LogP contribution in [0.1, 0.15) is 31.0 Å². The molecule has 140 valence electrons. The van der Waals surface area contributed by atoms with Crippen molar-refractivity contribution in [1.82, 2.24) is 25.3 Å². The summed E-state index contributed by atoms with van der Waals surface area (Å²) in [7, 11) is 3.00. The van der Waals surface area contributed by atoms with Crippen LogP contribution in [0.3, 0.4) is 0 Å². The van der Waals surface area contributed by atoms with E-state index >= 15 is 0 Å². The van der Waals surface area contributed by atoms with E-state index in [0.717, 1.165) is 11.1 Å².